The van der Waals surface area contributed by atoms with Crippen molar-refractivity contribution in [1.29, 1.82) is 0 Å². The fourth-order valence-corrected chi connectivity index (χ4v) is 2.06. The molecule has 2 atom stereocenters. The van der Waals surface area contributed by atoms with Crippen LogP contribution in [0.2, 0.25) is 10.0 Å². The molecule has 1 rings (SSSR count). The Bertz CT molecular complexity index is 365. The van der Waals surface area contributed by atoms with Crippen LogP contribution < -0.4 is 11.5 Å². The second-order valence-corrected chi connectivity index (χ2v) is 4.51. The van der Waals surface area contributed by atoms with Crippen LogP contribution in [0, 0.1) is 0 Å². The number of nitrogens with two attached hydrogens (primary N) is 2. The minimum atomic E-state index is -0.834. The van der Waals surface area contributed by atoms with Crippen LogP contribution in [0.25, 0.3) is 0 Å². The number of aliphatic hydroxyl groups excluding tert-OH is 1. The minimum absolute atomic E-state index is 0.303. The van der Waals surface area contributed by atoms with E-state index in [1.807, 2.05) is 0 Å². The molecule has 2 unspecified atom stereocenters. The zero-order chi connectivity index (χ0) is 13.0. The van der Waals surface area contributed by atoms with Gasteiger partial charge in [-0.05, 0) is 30.7 Å². The molecular formula is C11H16Cl2N2O2. The highest BCUT2D eigenvalue weighted by molar-refractivity contribution is 6.38. The van der Waals surface area contributed by atoms with Crippen molar-refractivity contribution in [3.05, 3.63) is 27.7 Å². The van der Waals surface area contributed by atoms with E-state index >= 15 is 0 Å². The first-order valence-corrected chi connectivity index (χ1v) is 5.92. The Morgan fingerprint density at radius 1 is 1.35 bits per heavy atom. The first-order chi connectivity index (χ1) is 8.01. The van der Waals surface area contributed by atoms with Gasteiger partial charge in [0.25, 0.3) is 0 Å². The average molecular weight is 279 g/mol. The monoisotopic (exact) mass is 278 g/mol. The summed E-state index contributed by atoms with van der Waals surface area (Å²) < 4.78 is 5.17. The molecule has 5 N–H and O–H groups in total. The Hall–Kier alpha value is -0.520. The van der Waals surface area contributed by atoms with E-state index in [-0.39, 0.29) is 0 Å². The van der Waals surface area contributed by atoms with Crippen LogP contribution in [-0.2, 0) is 4.74 Å². The predicted octanol–water partition coefficient (Wildman–Crippen LogP) is 1.97. The smallest absolute Gasteiger partial charge is 0.105 e. The maximum atomic E-state index is 10.1. The average Bonchev–Trinajstić information content (AvgIpc) is 2.31. The zero-order valence-corrected chi connectivity index (χ0v) is 11.0. The molecule has 6 heteroatoms. The molecule has 0 aliphatic rings. The molecule has 17 heavy (non-hydrogen) atoms. The highest BCUT2D eigenvalue weighted by atomic mass is 35.5. The maximum Gasteiger partial charge on any atom is 0.105 e. The Morgan fingerprint density at radius 3 is 2.29 bits per heavy atom. The summed E-state index contributed by atoms with van der Waals surface area (Å²) in [6.07, 6.45) is -0.688. The van der Waals surface area contributed by atoms with Crippen LogP contribution in [-0.4, -0.2) is 24.9 Å². The van der Waals surface area contributed by atoms with Crippen molar-refractivity contribution in [2.45, 2.75) is 18.6 Å². The lowest BCUT2D eigenvalue weighted by molar-refractivity contribution is -0.0161. The normalized spacial score (nSPS) is 14.6. The van der Waals surface area contributed by atoms with E-state index in [1.54, 1.807) is 12.1 Å². The van der Waals surface area contributed by atoms with Crippen molar-refractivity contribution < 1.29 is 9.84 Å². The van der Waals surface area contributed by atoms with Gasteiger partial charge >= 0.3 is 0 Å². The van der Waals surface area contributed by atoms with Gasteiger partial charge < -0.3 is 21.3 Å². The molecular weight excluding hydrogens is 263 g/mol. The molecule has 0 amide bonds. The molecule has 0 radical (unpaired) electrons. The van der Waals surface area contributed by atoms with Gasteiger partial charge in [-0.25, -0.2) is 0 Å². The number of hydrogen-bond acceptors (Lipinski definition) is 4. The molecule has 96 valence electrons. The van der Waals surface area contributed by atoms with Crippen molar-refractivity contribution in [2.75, 3.05) is 19.4 Å². The predicted molar refractivity (Wildman–Crippen MR) is 70.3 cm³/mol. The summed E-state index contributed by atoms with van der Waals surface area (Å²) in [6.45, 7) is 0.423. The van der Waals surface area contributed by atoms with E-state index in [9.17, 15) is 5.11 Å². The second kappa shape index (κ2) is 6.42. The van der Waals surface area contributed by atoms with Gasteiger partial charge in [0, 0.05) is 7.11 Å². The van der Waals surface area contributed by atoms with Crippen molar-refractivity contribution in [1.82, 2.24) is 0 Å². The molecule has 0 saturated heterocycles. The number of hydrogen-bond donors (Lipinski definition) is 3. The lowest BCUT2D eigenvalue weighted by atomic mass is 10.0. The second-order valence-electron chi connectivity index (χ2n) is 3.69. The number of methoxy groups -OCH3 is 1. The van der Waals surface area contributed by atoms with Crippen LogP contribution in [0.15, 0.2) is 12.1 Å². The quantitative estimate of drug-likeness (QED) is 0.720. The molecule has 0 aromatic heterocycles. The number of ether oxygens (including phenoxy) is 1. The molecule has 0 spiro atoms. The number of anilines is 1. The van der Waals surface area contributed by atoms with Crippen LogP contribution in [0.1, 0.15) is 18.1 Å². The molecule has 0 aliphatic heterocycles. The van der Waals surface area contributed by atoms with E-state index in [2.05, 4.69) is 0 Å². The van der Waals surface area contributed by atoms with Gasteiger partial charge in [0.15, 0.2) is 0 Å². The largest absolute Gasteiger partial charge is 0.396 e. The first-order valence-electron chi connectivity index (χ1n) is 5.16. The summed E-state index contributed by atoms with van der Waals surface area (Å²) >= 11 is 11.8. The number of halogens is 2. The van der Waals surface area contributed by atoms with Gasteiger partial charge in [-0.2, -0.15) is 0 Å². The number of nitrogen functional groups attached to an aromatic ring is 1. The highest BCUT2D eigenvalue weighted by Crippen LogP contribution is 2.32. The molecule has 0 heterocycles. The Morgan fingerprint density at radius 2 is 1.88 bits per heavy atom. The molecule has 0 bridgehead atoms. The van der Waals surface area contributed by atoms with E-state index in [0.29, 0.717) is 34.3 Å². The van der Waals surface area contributed by atoms with Crippen molar-refractivity contribution in [3.8, 4) is 0 Å². The summed E-state index contributed by atoms with van der Waals surface area (Å²) in [7, 11) is 1.52. The van der Waals surface area contributed by atoms with Crippen molar-refractivity contribution in [2.24, 2.45) is 5.73 Å². The van der Waals surface area contributed by atoms with Gasteiger partial charge in [0.1, 0.15) is 6.10 Å². The third-order valence-corrected chi connectivity index (χ3v) is 3.17. The summed E-state index contributed by atoms with van der Waals surface area (Å²) in [5.74, 6) is 0. The van der Waals surface area contributed by atoms with Gasteiger partial charge in [-0.15, -0.1) is 0 Å². The number of benzene rings is 1. The van der Waals surface area contributed by atoms with Crippen molar-refractivity contribution in [3.63, 3.8) is 0 Å². The van der Waals surface area contributed by atoms with E-state index in [1.165, 1.54) is 7.11 Å². The summed E-state index contributed by atoms with van der Waals surface area (Å²) in [4.78, 5) is 0. The van der Waals surface area contributed by atoms with E-state index in [4.69, 9.17) is 39.4 Å². The molecule has 0 fully saturated rings. The molecule has 1 aromatic rings. The first kappa shape index (κ1) is 14.5. The highest BCUT2D eigenvalue weighted by Gasteiger charge is 2.21. The third kappa shape index (κ3) is 3.47. The fourth-order valence-electron chi connectivity index (χ4n) is 1.56. The van der Waals surface area contributed by atoms with Crippen molar-refractivity contribution >= 4 is 28.9 Å². The number of aliphatic hydroxyl groups is 1. The molecule has 4 nitrogen and oxygen atoms in total. The lowest BCUT2D eigenvalue weighted by Crippen LogP contribution is -2.24. The number of rotatable bonds is 5. The zero-order valence-electron chi connectivity index (χ0n) is 9.49. The topological polar surface area (TPSA) is 81.5 Å². The van der Waals surface area contributed by atoms with Crippen LogP contribution in [0.5, 0.6) is 0 Å². The Labute approximate surface area is 110 Å². The fraction of sp³-hybridized carbons (Fsp3) is 0.455. The molecule has 1 aromatic carbocycles. The summed E-state index contributed by atoms with van der Waals surface area (Å²) in [6, 6.07) is 3.16. The minimum Gasteiger partial charge on any atom is -0.396 e. The van der Waals surface area contributed by atoms with Crippen LogP contribution in [0.3, 0.4) is 0 Å². The van der Waals surface area contributed by atoms with Gasteiger partial charge in [-0.1, -0.05) is 23.2 Å². The third-order valence-electron chi connectivity index (χ3n) is 2.55. The maximum absolute atomic E-state index is 10.1. The van der Waals surface area contributed by atoms with Crippen LogP contribution in [0.4, 0.5) is 5.69 Å². The standard InChI is InChI=1S/C11H16Cl2N2O2/c1-17-9(2-3-14)11(16)6-4-7(12)10(15)8(13)5-6/h4-5,9,11,16H,2-3,14-15H2,1H3. The molecule has 0 aliphatic carbocycles. The van der Waals surface area contributed by atoms with Gasteiger partial charge in [0.05, 0.1) is 21.8 Å². The lowest BCUT2D eigenvalue weighted by Gasteiger charge is -2.22. The van der Waals surface area contributed by atoms with Gasteiger partial charge in [-0.3, -0.25) is 0 Å². The van der Waals surface area contributed by atoms with E-state index in [0.717, 1.165) is 0 Å². The Kier molecular flexibility index (Phi) is 5.49. The van der Waals surface area contributed by atoms with Gasteiger partial charge in [0.2, 0.25) is 0 Å². The summed E-state index contributed by atoms with van der Waals surface area (Å²) in [5, 5.41) is 10.7. The summed E-state index contributed by atoms with van der Waals surface area (Å²) in [5.41, 5.74) is 11.9. The van der Waals surface area contributed by atoms with Crippen LogP contribution >= 0.6 is 23.2 Å². The SMILES string of the molecule is COC(CCN)C(O)c1cc(Cl)c(N)c(Cl)c1. The van der Waals surface area contributed by atoms with E-state index < -0.39 is 12.2 Å². The Balaban J connectivity index is 2.99. The molecule has 0 saturated carbocycles.